The lowest BCUT2D eigenvalue weighted by Crippen LogP contribution is -2.65. The Labute approximate surface area is 259 Å². The number of nitrogens with zero attached hydrogens (tertiary/aromatic N) is 2. The van der Waals surface area contributed by atoms with Gasteiger partial charge in [0, 0.05) is 25.9 Å². The molecule has 8 nitrogen and oxygen atoms in total. The highest BCUT2D eigenvalue weighted by Crippen LogP contribution is 2.24. The molecule has 0 unspecified atom stereocenters. The Kier molecular flexibility index (Phi) is 9.47. The predicted molar refractivity (Wildman–Crippen MR) is 169 cm³/mol. The lowest BCUT2D eigenvalue weighted by Gasteiger charge is -2.41. The van der Waals surface area contributed by atoms with Crippen molar-refractivity contribution in [3.05, 3.63) is 107 Å². The van der Waals surface area contributed by atoms with Crippen molar-refractivity contribution in [2.75, 3.05) is 0 Å². The smallest absolute Gasteiger partial charge is 0.246 e. The topological polar surface area (TPSA) is 98.8 Å². The number of amides is 4. The Bertz CT molecular complexity index is 1360. The highest BCUT2D eigenvalue weighted by Gasteiger charge is 2.43. The molecule has 2 aliphatic heterocycles. The van der Waals surface area contributed by atoms with Gasteiger partial charge in [-0.2, -0.15) is 0 Å². The summed E-state index contributed by atoms with van der Waals surface area (Å²) >= 11 is 0. The van der Waals surface area contributed by atoms with Crippen LogP contribution in [0.2, 0.25) is 0 Å². The van der Waals surface area contributed by atoms with Crippen LogP contribution in [0.1, 0.15) is 49.9 Å². The zero-order valence-corrected chi connectivity index (χ0v) is 25.9. The van der Waals surface area contributed by atoms with Crippen LogP contribution in [0.4, 0.5) is 0 Å². The maximum absolute atomic E-state index is 13.5. The van der Waals surface area contributed by atoms with Gasteiger partial charge in [0.1, 0.15) is 24.2 Å². The van der Waals surface area contributed by atoms with Crippen molar-refractivity contribution in [3.8, 4) is 0 Å². The van der Waals surface area contributed by atoms with Gasteiger partial charge in [0.2, 0.25) is 23.6 Å². The largest absolute Gasteiger partial charge is 0.342 e. The summed E-state index contributed by atoms with van der Waals surface area (Å²) in [4.78, 5) is 57.1. The molecule has 44 heavy (non-hydrogen) atoms. The first kappa shape index (κ1) is 31.0. The minimum Gasteiger partial charge on any atom is -0.342 e. The zero-order chi connectivity index (χ0) is 31.4. The van der Waals surface area contributed by atoms with E-state index in [1.807, 2.05) is 113 Å². The molecule has 5 rings (SSSR count). The summed E-state index contributed by atoms with van der Waals surface area (Å²) in [6.07, 6.45) is 0.738. The van der Waals surface area contributed by atoms with E-state index in [1.54, 1.807) is 9.80 Å². The molecule has 4 atom stereocenters. The molecular weight excluding hydrogens is 552 g/mol. The molecule has 3 aromatic carbocycles. The Balaban J connectivity index is 1.33. The van der Waals surface area contributed by atoms with E-state index in [4.69, 9.17) is 0 Å². The first-order valence-corrected chi connectivity index (χ1v) is 15.5. The quantitative estimate of drug-likeness (QED) is 0.372. The normalized spacial score (nSPS) is 22.4. The first-order chi connectivity index (χ1) is 21.1. The molecule has 0 aliphatic carbocycles. The maximum atomic E-state index is 13.5. The van der Waals surface area contributed by atoms with Crippen LogP contribution < -0.4 is 10.6 Å². The van der Waals surface area contributed by atoms with Gasteiger partial charge >= 0.3 is 0 Å². The Hall–Kier alpha value is -4.46. The molecule has 2 saturated heterocycles. The van der Waals surface area contributed by atoms with Gasteiger partial charge in [-0.3, -0.25) is 19.2 Å². The van der Waals surface area contributed by atoms with E-state index in [0.717, 1.165) is 22.3 Å². The van der Waals surface area contributed by atoms with Gasteiger partial charge in [0.25, 0.3) is 0 Å². The molecule has 4 amide bonds. The number of carbonyl (C=O) groups is 4. The van der Waals surface area contributed by atoms with Crippen LogP contribution in [0.3, 0.4) is 0 Å². The molecule has 230 valence electrons. The van der Waals surface area contributed by atoms with Crippen LogP contribution in [-0.4, -0.2) is 57.6 Å². The molecule has 0 spiro atoms. The highest BCUT2D eigenvalue weighted by molar-refractivity contribution is 5.98. The summed E-state index contributed by atoms with van der Waals surface area (Å²) < 4.78 is 0. The van der Waals surface area contributed by atoms with E-state index in [9.17, 15) is 19.2 Å². The minimum absolute atomic E-state index is 0.0221. The van der Waals surface area contributed by atoms with E-state index >= 15 is 0 Å². The van der Waals surface area contributed by atoms with Crippen LogP contribution in [0.5, 0.6) is 0 Å². The number of benzene rings is 3. The fourth-order valence-electron chi connectivity index (χ4n) is 6.07. The second-order valence-corrected chi connectivity index (χ2v) is 12.6. The minimum atomic E-state index is -0.639. The van der Waals surface area contributed by atoms with Crippen LogP contribution in [0, 0.1) is 11.8 Å². The second-order valence-electron chi connectivity index (χ2n) is 12.6. The van der Waals surface area contributed by atoms with E-state index in [1.165, 1.54) is 0 Å². The average molecular weight is 595 g/mol. The van der Waals surface area contributed by atoms with Crippen molar-refractivity contribution in [3.63, 3.8) is 0 Å². The van der Waals surface area contributed by atoms with Crippen molar-refractivity contribution < 1.29 is 19.2 Å². The maximum Gasteiger partial charge on any atom is 0.246 e. The first-order valence-electron chi connectivity index (χ1n) is 15.5. The average Bonchev–Trinajstić information content (AvgIpc) is 3.01. The molecule has 0 radical (unpaired) electrons. The van der Waals surface area contributed by atoms with E-state index in [-0.39, 0.29) is 35.5 Å². The third-order valence-corrected chi connectivity index (χ3v) is 8.66. The van der Waals surface area contributed by atoms with Crippen molar-refractivity contribution in [2.24, 2.45) is 11.8 Å². The molecule has 2 fully saturated rings. The van der Waals surface area contributed by atoms with Crippen molar-refractivity contribution in [1.29, 1.82) is 0 Å². The lowest BCUT2D eigenvalue weighted by molar-refractivity contribution is -0.151. The van der Waals surface area contributed by atoms with Crippen molar-refractivity contribution >= 4 is 23.6 Å². The molecule has 8 heteroatoms. The van der Waals surface area contributed by atoms with Gasteiger partial charge < -0.3 is 20.4 Å². The third-order valence-electron chi connectivity index (χ3n) is 8.66. The Morgan fingerprint density at radius 2 is 0.864 bits per heavy atom. The monoisotopic (exact) mass is 594 g/mol. The van der Waals surface area contributed by atoms with Gasteiger partial charge in [-0.25, -0.2) is 0 Å². The Morgan fingerprint density at radius 3 is 1.18 bits per heavy atom. The summed E-state index contributed by atoms with van der Waals surface area (Å²) in [6, 6.07) is 24.9. The predicted octanol–water partition coefficient (Wildman–Crippen LogP) is 3.88. The molecule has 2 N–H and O–H groups in total. The lowest BCUT2D eigenvalue weighted by atomic mass is 9.92. The fourth-order valence-corrected chi connectivity index (χ4v) is 6.07. The van der Waals surface area contributed by atoms with Gasteiger partial charge in [0.05, 0.1) is 0 Å². The Morgan fingerprint density at radius 1 is 0.523 bits per heavy atom. The number of nitrogens with one attached hydrogen (secondary N) is 2. The van der Waals surface area contributed by atoms with Gasteiger partial charge in [-0.05, 0) is 34.1 Å². The standard InChI is InChI=1S/C36H42N4O4/c1-23(2)31-35(43)39(21-27-11-7-5-8-12-27)29(33(41)37-31)19-25-15-17-26(18-16-25)20-30-34(42)38-32(24(3)4)36(44)40(30)22-28-13-9-6-10-14-28/h5-18,23-24,29-32H,19-22H2,1-4H3,(H,37,41)(H,38,42)/t29-,30-,31+,32+/m1/s1. The van der Waals surface area contributed by atoms with Crippen LogP contribution in [-0.2, 0) is 45.1 Å². The van der Waals surface area contributed by atoms with Crippen LogP contribution in [0.25, 0.3) is 0 Å². The number of hydrogen-bond donors (Lipinski definition) is 2. The molecule has 0 bridgehead atoms. The number of hydrogen-bond acceptors (Lipinski definition) is 4. The summed E-state index contributed by atoms with van der Waals surface area (Å²) in [5, 5.41) is 5.90. The molecule has 0 aromatic heterocycles. The van der Waals surface area contributed by atoms with E-state index in [0.29, 0.717) is 25.9 Å². The molecule has 3 aromatic rings. The SMILES string of the molecule is CC(C)[C@@H]1NC(=O)[C@@H](Cc2ccc(C[C@@H]3C(=O)N[C@@H](C(C)C)C(=O)N3Cc3ccccc3)cc2)N(Cc2ccccc2)C1=O. The summed E-state index contributed by atoms with van der Waals surface area (Å²) in [5.41, 5.74) is 3.76. The van der Waals surface area contributed by atoms with Crippen molar-refractivity contribution in [2.45, 2.75) is 77.8 Å². The molecule has 2 aliphatic rings. The number of piperazine rings is 2. The summed E-state index contributed by atoms with van der Waals surface area (Å²) in [6.45, 7) is 8.47. The van der Waals surface area contributed by atoms with Crippen molar-refractivity contribution in [1.82, 2.24) is 20.4 Å². The fraction of sp³-hybridized carbons (Fsp3) is 0.389. The number of carbonyl (C=O) groups excluding carboxylic acids is 4. The molecule has 2 heterocycles. The van der Waals surface area contributed by atoms with Gasteiger partial charge in [-0.15, -0.1) is 0 Å². The number of rotatable bonds is 10. The summed E-state index contributed by atoms with van der Waals surface area (Å²) in [7, 11) is 0. The second kappa shape index (κ2) is 13.5. The van der Waals surface area contributed by atoms with Gasteiger partial charge in [0.15, 0.2) is 0 Å². The molecular formula is C36H42N4O4. The van der Waals surface area contributed by atoms with Crippen LogP contribution in [0.15, 0.2) is 84.9 Å². The summed E-state index contributed by atoms with van der Waals surface area (Å²) in [5.74, 6) is -0.501. The van der Waals surface area contributed by atoms with Gasteiger partial charge in [-0.1, -0.05) is 113 Å². The van der Waals surface area contributed by atoms with E-state index < -0.39 is 24.2 Å². The zero-order valence-electron chi connectivity index (χ0n) is 25.9. The third kappa shape index (κ3) is 6.85. The van der Waals surface area contributed by atoms with Crippen LogP contribution >= 0.6 is 0 Å². The molecule has 0 saturated carbocycles. The van der Waals surface area contributed by atoms with E-state index in [2.05, 4.69) is 10.6 Å². The highest BCUT2D eigenvalue weighted by atomic mass is 16.2.